The molecule has 2 aliphatic heterocycles. The van der Waals surface area contributed by atoms with Gasteiger partial charge in [0.05, 0.1) is 0 Å². The summed E-state index contributed by atoms with van der Waals surface area (Å²) in [7, 11) is 2.17. The van der Waals surface area contributed by atoms with Crippen LogP contribution in [-0.4, -0.2) is 55.0 Å². The summed E-state index contributed by atoms with van der Waals surface area (Å²) in [4.78, 5) is 16.6. The molecule has 0 radical (unpaired) electrons. The van der Waals surface area contributed by atoms with E-state index in [9.17, 15) is 4.79 Å². The molecule has 4 nitrogen and oxygen atoms in total. The van der Waals surface area contributed by atoms with Gasteiger partial charge in [0.2, 0.25) is 0 Å². The normalized spacial score (nSPS) is 23.7. The van der Waals surface area contributed by atoms with E-state index < -0.39 is 0 Å². The third-order valence-corrected chi connectivity index (χ3v) is 4.27. The summed E-state index contributed by atoms with van der Waals surface area (Å²) in [5.41, 5.74) is 2.06. The summed E-state index contributed by atoms with van der Waals surface area (Å²) >= 11 is 0. The van der Waals surface area contributed by atoms with Crippen molar-refractivity contribution in [3.63, 3.8) is 0 Å². The van der Waals surface area contributed by atoms with E-state index in [0.29, 0.717) is 6.04 Å². The Labute approximate surface area is 114 Å². The van der Waals surface area contributed by atoms with Gasteiger partial charge in [-0.15, -0.1) is 0 Å². The zero-order valence-electron chi connectivity index (χ0n) is 11.4. The summed E-state index contributed by atoms with van der Waals surface area (Å²) in [5, 5.41) is 3.42. The minimum absolute atomic E-state index is 0.196. The number of carbonyl (C=O) groups excluding carboxylic acids is 1. The highest BCUT2D eigenvalue weighted by molar-refractivity contribution is 5.98. The number of rotatable bonds is 3. The minimum atomic E-state index is 0.196. The molecule has 1 saturated heterocycles. The van der Waals surface area contributed by atoms with E-state index >= 15 is 0 Å². The lowest BCUT2D eigenvalue weighted by Gasteiger charge is -2.34. The predicted molar refractivity (Wildman–Crippen MR) is 75.1 cm³/mol. The van der Waals surface area contributed by atoms with Crippen LogP contribution in [0.5, 0.6) is 0 Å². The number of fused-ring (bicyclic) bond motifs is 1. The minimum Gasteiger partial charge on any atom is -0.334 e. The molecule has 0 saturated carbocycles. The van der Waals surface area contributed by atoms with Crippen LogP contribution >= 0.6 is 0 Å². The first-order valence-corrected chi connectivity index (χ1v) is 7.04. The van der Waals surface area contributed by atoms with Crippen LogP contribution in [-0.2, 0) is 6.54 Å². The molecular formula is C15H21N3O. The van der Waals surface area contributed by atoms with Crippen LogP contribution < -0.4 is 5.32 Å². The zero-order valence-corrected chi connectivity index (χ0v) is 11.4. The van der Waals surface area contributed by atoms with Gasteiger partial charge in [-0.2, -0.15) is 0 Å². The Morgan fingerprint density at radius 1 is 1.37 bits per heavy atom. The maximum absolute atomic E-state index is 12.2. The van der Waals surface area contributed by atoms with E-state index in [0.717, 1.165) is 44.7 Å². The molecule has 0 bridgehead atoms. The first kappa shape index (κ1) is 12.6. The second kappa shape index (κ2) is 5.31. The fraction of sp³-hybridized carbons (Fsp3) is 0.533. The first-order chi connectivity index (χ1) is 9.25. The third kappa shape index (κ3) is 2.51. The van der Waals surface area contributed by atoms with Gasteiger partial charge in [-0.1, -0.05) is 18.2 Å². The van der Waals surface area contributed by atoms with Crippen LogP contribution in [0.3, 0.4) is 0 Å². The molecule has 4 heteroatoms. The van der Waals surface area contributed by atoms with Crippen molar-refractivity contribution in [1.29, 1.82) is 0 Å². The van der Waals surface area contributed by atoms with Gasteiger partial charge < -0.3 is 15.1 Å². The van der Waals surface area contributed by atoms with Crippen LogP contribution in [0.1, 0.15) is 22.3 Å². The van der Waals surface area contributed by atoms with E-state index in [1.165, 1.54) is 5.56 Å². The number of amides is 1. The van der Waals surface area contributed by atoms with Crippen molar-refractivity contribution >= 4 is 5.91 Å². The van der Waals surface area contributed by atoms with Gasteiger partial charge in [0.25, 0.3) is 5.91 Å². The molecule has 0 spiro atoms. The number of hydrogen-bond acceptors (Lipinski definition) is 3. The molecule has 1 N–H and O–H groups in total. The van der Waals surface area contributed by atoms with E-state index in [1.54, 1.807) is 0 Å². The largest absolute Gasteiger partial charge is 0.334 e. The molecule has 1 unspecified atom stereocenters. The molecule has 1 aromatic carbocycles. The second-order valence-electron chi connectivity index (χ2n) is 5.51. The van der Waals surface area contributed by atoms with Crippen molar-refractivity contribution in [2.75, 3.05) is 33.2 Å². The lowest BCUT2D eigenvalue weighted by atomic mass is 10.1. The zero-order chi connectivity index (χ0) is 13.2. The summed E-state index contributed by atoms with van der Waals surface area (Å²) in [6.45, 7) is 4.83. The lowest BCUT2D eigenvalue weighted by molar-refractivity contribution is 0.0754. The molecule has 1 aromatic rings. The number of likely N-dealkylation sites (N-methyl/N-ethyl adjacent to an activating group) is 1. The maximum atomic E-state index is 12.2. The average Bonchev–Trinajstić information content (AvgIpc) is 2.75. The summed E-state index contributed by atoms with van der Waals surface area (Å²) in [6.07, 6.45) is 1.04. The Hall–Kier alpha value is -1.39. The van der Waals surface area contributed by atoms with Gasteiger partial charge in [0.15, 0.2) is 0 Å². The number of nitrogens with zero attached hydrogens (tertiary/aromatic N) is 2. The Bertz CT molecular complexity index is 474. The molecule has 0 aromatic heterocycles. The molecule has 19 heavy (non-hydrogen) atoms. The van der Waals surface area contributed by atoms with Crippen molar-refractivity contribution in [2.45, 2.75) is 19.0 Å². The standard InChI is InChI=1S/C15H21N3O/c1-17-9-7-16-10-13(17)6-8-18-11-12-4-2-3-5-14(12)15(18)19/h2-5,13,16H,6-11H2,1H3. The highest BCUT2D eigenvalue weighted by Gasteiger charge is 2.28. The van der Waals surface area contributed by atoms with Crippen LogP contribution in [0.25, 0.3) is 0 Å². The molecule has 2 heterocycles. The summed E-state index contributed by atoms with van der Waals surface area (Å²) in [5.74, 6) is 0.196. The van der Waals surface area contributed by atoms with Crippen LogP contribution in [0.15, 0.2) is 24.3 Å². The fourth-order valence-electron chi connectivity index (χ4n) is 2.98. The Morgan fingerprint density at radius 2 is 2.21 bits per heavy atom. The van der Waals surface area contributed by atoms with Gasteiger partial charge in [0.1, 0.15) is 0 Å². The summed E-state index contributed by atoms with van der Waals surface area (Å²) < 4.78 is 0. The quantitative estimate of drug-likeness (QED) is 0.877. The fourth-order valence-corrected chi connectivity index (χ4v) is 2.98. The van der Waals surface area contributed by atoms with Crippen LogP contribution in [0.2, 0.25) is 0 Å². The number of benzene rings is 1. The highest BCUT2D eigenvalue weighted by atomic mass is 16.2. The topological polar surface area (TPSA) is 35.6 Å². The van der Waals surface area contributed by atoms with E-state index in [1.807, 2.05) is 23.1 Å². The Balaban J connectivity index is 1.59. The number of nitrogens with one attached hydrogen (secondary N) is 1. The van der Waals surface area contributed by atoms with E-state index in [-0.39, 0.29) is 5.91 Å². The second-order valence-corrected chi connectivity index (χ2v) is 5.51. The van der Waals surface area contributed by atoms with Crippen LogP contribution in [0, 0.1) is 0 Å². The van der Waals surface area contributed by atoms with E-state index in [4.69, 9.17) is 0 Å². The van der Waals surface area contributed by atoms with Crippen molar-refractivity contribution in [3.05, 3.63) is 35.4 Å². The summed E-state index contributed by atoms with van der Waals surface area (Å²) in [6, 6.07) is 8.49. The van der Waals surface area contributed by atoms with E-state index in [2.05, 4.69) is 23.3 Å². The molecule has 1 amide bonds. The molecule has 1 atom stereocenters. The van der Waals surface area contributed by atoms with Gasteiger partial charge in [-0.25, -0.2) is 0 Å². The molecule has 3 rings (SSSR count). The van der Waals surface area contributed by atoms with Gasteiger partial charge in [-0.05, 0) is 25.1 Å². The molecule has 2 aliphatic rings. The molecular weight excluding hydrogens is 238 g/mol. The van der Waals surface area contributed by atoms with Crippen LogP contribution in [0.4, 0.5) is 0 Å². The average molecular weight is 259 g/mol. The SMILES string of the molecule is CN1CCNCC1CCN1Cc2ccccc2C1=O. The first-order valence-electron chi connectivity index (χ1n) is 7.04. The monoisotopic (exact) mass is 259 g/mol. The van der Waals surface area contributed by atoms with Gasteiger partial charge in [0, 0.05) is 44.3 Å². The molecule has 0 aliphatic carbocycles. The Morgan fingerprint density at radius 3 is 3.00 bits per heavy atom. The maximum Gasteiger partial charge on any atom is 0.254 e. The van der Waals surface area contributed by atoms with Crippen molar-refractivity contribution in [2.24, 2.45) is 0 Å². The van der Waals surface area contributed by atoms with Crippen molar-refractivity contribution in [3.8, 4) is 0 Å². The highest BCUT2D eigenvalue weighted by Crippen LogP contribution is 2.22. The molecule has 1 fully saturated rings. The number of piperazine rings is 1. The lowest BCUT2D eigenvalue weighted by Crippen LogP contribution is -2.50. The smallest absolute Gasteiger partial charge is 0.254 e. The number of carbonyl (C=O) groups is 1. The van der Waals surface area contributed by atoms with Crippen molar-refractivity contribution < 1.29 is 4.79 Å². The predicted octanol–water partition coefficient (Wildman–Crippen LogP) is 0.936. The van der Waals surface area contributed by atoms with Gasteiger partial charge >= 0.3 is 0 Å². The number of hydrogen-bond donors (Lipinski definition) is 1. The third-order valence-electron chi connectivity index (χ3n) is 4.27. The van der Waals surface area contributed by atoms with Crippen molar-refractivity contribution in [1.82, 2.24) is 15.1 Å². The Kier molecular flexibility index (Phi) is 3.53. The molecule has 102 valence electrons. The van der Waals surface area contributed by atoms with Gasteiger partial charge in [-0.3, -0.25) is 4.79 Å².